The summed E-state index contributed by atoms with van der Waals surface area (Å²) in [5.41, 5.74) is 0.760. The van der Waals surface area contributed by atoms with Crippen LogP contribution in [0.15, 0.2) is 41.2 Å². The average molecular weight is 527 g/mol. The predicted molar refractivity (Wildman–Crippen MR) is 147 cm³/mol. The number of methoxy groups -OCH3 is 1. The van der Waals surface area contributed by atoms with Gasteiger partial charge in [-0.2, -0.15) is 0 Å². The number of rotatable bonds is 10. The first-order valence-electron chi connectivity index (χ1n) is 12.9. The molecule has 0 saturated carbocycles. The van der Waals surface area contributed by atoms with Crippen LogP contribution in [0.1, 0.15) is 39.5 Å². The van der Waals surface area contributed by atoms with Gasteiger partial charge in [0.05, 0.1) is 29.6 Å². The smallest absolute Gasteiger partial charge is 0.262 e. The Morgan fingerprint density at radius 2 is 1.95 bits per heavy atom. The van der Waals surface area contributed by atoms with Crippen molar-refractivity contribution in [2.24, 2.45) is 0 Å². The van der Waals surface area contributed by atoms with Crippen molar-refractivity contribution in [3.05, 3.63) is 51.8 Å². The number of fused-ring (bicyclic) bond motifs is 1. The van der Waals surface area contributed by atoms with Gasteiger partial charge in [-0.05, 0) is 70.5 Å². The Bertz CT molecular complexity index is 1300. The number of amides is 1. The summed E-state index contributed by atoms with van der Waals surface area (Å²) < 4.78 is 12.7. The molecule has 1 aliphatic rings. The summed E-state index contributed by atoms with van der Waals surface area (Å²) in [6.45, 7) is 7.35. The fraction of sp³-hybridized carbons (Fsp3) is 0.464. The molecule has 1 amide bonds. The summed E-state index contributed by atoms with van der Waals surface area (Å²) >= 11 is 6.54. The second-order valence-corrected chi connectivity index (χ2v) is 10.1. The SMILES string of the molecule is COc1cccc(-c2nc3cc(Cl)c(OCCCN4CCCCC4)cc3c(=O)n2CC(=O)NC(C)C)c1. The lowest BCUT2D eigenvalue weighted by molar-refractivity contribution is -0.122. The number of aromatic nitrogens is 2. The van der Waals surface area contributed by atoms with Crippen molar-refractivity contribution in [2.75, 3.05) is 33.4 Å². The number of hydrogen-bond acceptors (Lipinski definition) is 6. The minimum atomic E-state index is -0.337. The predicted octanol–water partition coefficient (Wildman–Crippen LogP) is 4.50. The maximum Gasteiger partial charge on any atom is 0.262 e. The molecule has 1 saturated heterocycles. The van der Waals surface area contributed by atoms with E-state index < -0.39 is 0 Å². The maximum atomic E-state index is 13.7. The molecular weight excluding hydrogens is 492 g/mol. The van der Waals surface area contributed by atoms with Crippen molar-refractivity contribution in [2.45, 2.75) is 52.1 Å². The summed E-state index contributed by atoms with van der Waals surface area (Å²) in [6, 6.07) is 10.5. The molecule has 1 aliphatic heterocycles. The van der Waals surface area contributed by atoms with Crippen molar-refractivity contribution >= 4 is 28.4 Å². The second kappa shape index (κ2) is 12.4. The molecule has 1 aromatic heterocycles. The summed E-state index contributed by atoms with van der Waals surface area (Å²) in [5, 5.41) is 3.59. The number of nitrogens with zero attached hydrogens (tertiary/aromatic N) is 3. The summed E-state index contributed by atoms with van der Waals surface area (Å²) in [5.74, 6) is 1.16. The second-order valence-electron chi connectivity index (χ2n) is 9.68. The van der Waals surface area contributed by atoms with Gasteiger partial charge in [0.25, 0.3) is 5.56 Å². The van der Waals surface area contributed by atoms with Gasteiger partial charge in [0.1, 0.15) is 23.9 Å². The third kappa shape index (κ3) is 6.81. The van der Waals surface area contributed by atoms with Crippen LogP contribution in [-0.4, -0.2) is 59.8 Å². The van der Waals surface area contributed by atoms with Crippen molar-refractivity contribution in [1.29, 1.82) is 0 Å². The van der Waals surface area contributed by atoms with Crippen LogP contribution in [0, 0.1) is 0 Å². The Morgan fingerprint density at radius 1 is 1.16 bits per heavy atom. The molecule has 3 aromatic rings. The molecule has 1 fully saturated rings. The topological polar surface area (TPSA) is 85.7 Å². The van der Waals surface area contributed by atoms with Crippen molar-refractivity contribution in [1.82, 2.24) is 19.8 Å². The molecule has 0 aliphatic carbocycles. The van der Waals surface area contributed by atoms with Crippen LogP contribution in [-0.2, 0) is 11.3 Å². The fourth-order valence-corrected chi connectivity index (χ4v) is 4.84. The zero-order chi connectivity index (χ0) is 26.4. The molecule has 0 unspecified atom stereocenters. The van der Waals surface area contributed by atoms with Crippen LogP contribution >= 0.6 is 11.6 Å². The monoisotopic (exact) mass is 526 g/mol. The first-order chi connectivity index (χ1) is 17.9. The molecule has 8 nitrogen and oxygen atoms in total. The maximum absolute atomic E-state index is 13.7. The third-order valence-electron chi connectivity index (χ3n) is 6.41. The molecule has 37 heavy (non-hydrogen) atoms. The van der Waals surface area contributed by atoms with Gasteiger partial charge < -0.3 is 19.7 Å². The van der Waals surface area contributed by atoms with E-state index in [1.165, 1.54) is 23.8 Å². The average Bonchev–Trinajstić information content (AvgIpc) is 2.89. The molecule has 4 rings (SSSR count). The molecule has 0 atom stereocenters. The zero-order valence-corrected chi connectivity index (χ0v) is 22.5. The van der Waals surface area contributed by atoms with Crippen molar-refractivity contribution in [3.63, 3.8) is 0 Å². The number of carbonyl (C=O) groups excluding carboxylic acids is 1. The van der Waals surface area contributed by atoms with Crippen LogP contribution in [0.4, 0.5) is 0 Å². The van der Waals surface area contributed by atoms with Crippen LogP contribution < -0.4 is 20.3 Å². The minimum absolute atomic E-state index is 0.0550. The first kappa shape index (κ1) is 26.9. The van der Waals surface area contributed by atoms with E-state index in [4.69, 9.17) is 26.1 Å². The molecule has 0 radical (unpaired) electrons. The Morgan fingerprint density at radius 3 is 2.68 bits per heavy atom. The molecule has 2 aromatic carbocycles. The fourth-order valence-electron chi connectivity index (χ4n) is 4.63. The van der Waals surface area contributed by atoms with Crippen LogP contribution in [0.2, 0.25) is 5.02 Å². The van der Waals surface area contributed by atoms with Crippen LogP contribution in [0.3, 0.4) is 0 Å². The lowest BCUT2D eigenvalue weighted by Gasteiger charge is -2.26. The number of piperidine rings is 1. The Hall–Kier alpha value is -3.10. The number of benzene rings is 2. The normalized spacial score (nSPS) is 14.2. The molecule has 2 heterocycles. The van der Waals surface area contributed by atoms with Gasteiger partial charge in [-0.25, -0.2) is 4.98 Å². The molecule has 9 heteroatoms. The van der Waals surface area contributed by atoms with Crippen LogP contribution in [0.5, 0.6) is 11.5 Å². The van der Waals surface area contributed by atoms with E-state index in [-0.39, 0.29) is 24.1 Å². The van der Waals surface area contributed by atoms with E-state index in [1.807, 2.05) is 32.0 Å². The van der Waals surface area contributed by atoms with Gasteiger partial charge in [0, 0.05) is 18.2 Å². The summed E-state index contributed by atoms with van der Waals surface area (Å²) in [4.78, 5) is 33.6. The third-order valence-corrected chi connectivity index (χ3v) is 6.71. The highest BCUT2D eigenvalue weighted by Gasteiger charge is 2.19. The van der Waals surface area contributed by atoms with Gasteiger partial charge >= 0.3 is 0 Å². The van der Waals surface area contributed by atoms with E-state index in [1.54, 1.807) is 25.3 Å². The Balaban J connectivity index is 1.66. The minimum Gasteiger partial charge on any atom is -0.497 e. The first-order valence-corrected chi connectivity index (χ1v) is 13.3. The molecule has 0 bridgehead atoms. The standard InChI is InChI=1S/C28H35ClN4O4/c1-19(2)30-26(34)18-33-27(20-9-7-10-21(15-20)36-3)31-24-17-23(29)25(16-22(24)28(33)35)37-14-8-13-32-11-5-4-6-12-32/h7,9-10,15-17,19H,4-6,8,11-14,18H2,1-3H3,(H,30,34). The molecule has 1 N–H and O–H groups in total. The highest BCUT2D eigenvalue weighted by Crippen LogP contribution is 2.30. The number of hydrogen-bond donors (Lipinski definition) is 1. The van der Waals surface area contributed by atoms with E-state index in [9.17, 15) is 9.59 Å². The number of likely N-dealkylation sites (tertiary alicyclic amines) is 1. The quantitative estimate of drug-likeness (QED) is 0.391. The van der Waals surface area contributed by atoms with E-state index in [0.717, 1.165) is 26.1 Å². The van der Waals surface area contributed by atoms with Crippen molar-refractivity contribution in [3.8, 4) is 22.9 Å². The van der Waals surface area contributed by atoms with Crippen LogP contribution in [0.25, 0.3) is 22.3 Å². The molecule has 0 spiro atoms. The Labute approximate surface area is 222 Å². The summed E-state index contributed by atoms with van der Waals surface area (Å²) in [6.07, 6.45) is 4.69. The van der Waals surface area contributed by atoms with Gasteiger partial charge in [0.15, 0.2) is 0 Å². The van der Waals surface area contributed by atoms with E-state index in [2.05, 4.69) is 10.2 Å². The highest BCUT2D eigenvalue weighted by molar-refractivity contribution is 6.32. The van der Waals surface area contributed by atoms with Gasteiger partial charge in [0.2, 0.25) is 5.91 Å². The van der Waals surface area contributed by atoms with Gasteiger partial charge in [-0.15, -0.1) is 0 Å². The molecule has 198 valence electrons. The summed E-state index contributed by atoms with van der Waals surface area (Å²) in [7, 11) is 1.57. The van der Waals surface area contributed by atoms with E-state index in [0.29, 0.717) is 45.4 Å². The van der Waals surface area contributed by atoms with E-state index >= 15 is 0 Å². The number of ether oxygens (including phenoxy) is 2. The number of nitrogens with one attached hydrogen (secondary N) is 1. The number of carbonyl (C=O) groups is 1. The van der Waals surface area contributed by atoms with Crippen molar-refractivity contribution < 1.29 is 14.3 Å². The van der Waals surface area contributed by atoms with Gasteiger partial charge in [-0.3, -0.25) is 14.2 Å². The highest BCUT2D eigenvalue weighted by atomic mass is 35.5. The Kier molecular flexibility index (Phi) is 9.05. The lowest BCUT2D eigenvalue weighted by atomic mass is 10.1. The number of halogens is 1. The zero-order valence-electron chi connectivity index (χ0n) is 21.8. The molecular formula is C28H35ClN4O4. The lowest BCUT2D eigenvalue weighted by Crippen LogP contribution is -2.37. The largest absolute Gasteiger partial charge is 0.497 e. The van der Waals surface area contributed by atoms with Gasteiger partial charge in [-0.1, -0.05) is 30.2 Å².